The first kappa shape index (κ1) is 22.1. The number of hydrogen-bond acceptors (Lipinski definition) is 2. The van der Waals surface area contributed by atoms with E-state index in [2.05, 4.69) is 30.2 Å². The van der Waals surface area contributed by atoms with E-state index >= 15 is 0 Å². The van der Waals surface area contributed by atoms with Crippen molar-refractivity contribution in [2.24, 2.45) is 0 Å². The SMILES string of the molecule is CCCCCC[C@H](C)NC(=O)CCN1C(=O)c2ccccc2[C@H]1c1c[nH]c2ccccc12. The highest BCUT2D eigenvalue weighted by Gasteiger charge is 2.38. The molecule has 2 amide bonds. The summed E-state index contributed by atoms with van der Waals surface area (Å²) in [5, 5.41) is 4.22. The highest BCUT2D eigenvalue weighted by atomic mass is 16.2. The third-order valence-electron chi connectivity index (χ3n) is 6.45. The highest BCUT2D eigenvalue weighted by Crippen LogP contribution is 2.41. The Hall–Kier alpha value is -3.08. The van der Waals surface area contributed by atoms with Crippen LogP contribution < -0.4 is 5.32 Å². The maximum absolute atomic E-state index is 13.3. The average Bonchev–Trinajstić information content (AvgIpc) is 3.34. The van der Waals surface area contributed by atoms with Gasteiger partial charge in [0, 0.05) is 47.2 Å². The van der Waals surface area contributed by atoms with Crippen molar-refractivity contribution in [1.82, 2.24) is 15.2 Å². The topological polar surface area (TPSA) is 65.2 Å². The zero-order valence-corrected chi connectivity index (χ0v) is 19.1. The molecule has 1 aliphatic rings. The van der Waals surface area contributed by atoms with Crippen LogP contribution in [-0.4, -0.2) is 34.3 Å². The van der Waals surface area contributed by atoms with E-state index in [1.807, 2.05) is 53.6 Å². The van der Waals surface area contributed by atoms with Crippen molar-refractivity contribution in [2.75, 3.05) is 6.54 Å². The predicted molar refractivity (Wildman–Crippen MR) is 129 cm³/mol. The van der Waals surface area contributed by atoms with Crippen molar-refractivity contribution in [3.8, 4) is 0 Å². The summed E-state index contributed by atoms with van der Waals surface area (Å²) < 4.78 is 0. The van der Waals surface area contributed by atoms with Gasteiger partial charge in [0.2, 0.25) is 5.91 Å². The maximum atomic E-state index is 13.3. The molecule has 32 heavy (non-hydrogen) atoms. The number of benzene rings is 2. The van der Waals surface area contributed by atoms with E-state index in [-0.39, 0.29) is 23.9 Å². The Morgan fingerprint density at radius 2 is 1.84 bits per heavy atom. The molecule has 1 aliphatic heterocycles. The largest absolute Gasteiger partial charge is 0.361 e. The molecule has 4 rings (SSSR count). The molecule has 2 N–H and O–H groups in total. The lowest BCUT2D eigenvalue weighted by Gasteiger charge is -2.25. The first-order valence-electron chi connectivity index (χ1n) is 11.9. The highest BCUT2D eigenvalue weighted by molar-refractivity contribution is 6.01. The fourth-order valence-corrected chi connectivity index (χ4v) is 4.77. The van der Waals surface area contributed by atoms with Crippen LogP contribution in [0.3, 0.4) is 0 Å². The van der Waals surface area contributed by atoms with Crippen molar-refractivity contribution in [3.05, 3.63) is 71.4 Å². The summed E-state index contributed by atoms with van der Waals surface area (Å²) in [6.45, 7) is 4.66. The number of nitrogens with zero attached hydrogens (tertiary/aromatic N) is 1. The van der Waals surface area contributed by atoms with Gasteiger partial charge in [-0.1, -0.05) is 69.0 Å². The van der Waals surface area contributed by atoms with Crippen LogP contribution in [0.2, 0.25) is 0 Å². The number of para-hydroxylation sites is 1. The second-order valence-electron chi connectivity index (χ2n) is 8.85. The fraction of sp³-hybridized carbons (Fsp3) is 0.407. The van der Waals surface area contributed by atoms with Crippen LogP contribution >= 0.6 is 0 Å². The van der Waals surface area contributed by atoms with Crippen LogP contribution in [0.15, 0.2) is 54.7 Å². The Balaban J connectivity index is 1.48. The van der Waals surface area contributed by atoms with Gasteiger partial charge >= 0.3 is 0 Å². The van der Waals surface area contributed by atoms with Crippen molar-refractivity contribution < 1.29 is 9.59 Å². The normalized spacial score (nSPS) is 16.4. The fourth-order valence-electron chi connectivity index (χ4n) is 4.77. The standard InChI is InChI=1S/C27H33N3O2/c1-3-4-5-6-11-19(2)29-25(31)16-17-30-26(21-13-7-8-14-22(21)27(30)32)23-18-28-24-15-10-9-12-20(23)24/h7-10,12-15,18-19,26,28H,3-6,11,16-17H2,1-2H3,(H,29,31)/t19-,26-/m0/s1. The van der Waals surface area contributed by atoms with E-state index in [1.165, 1.54) is 19.3 Å². The van der Waals surface area contributed by atoms with Crippen LogP contribution in [0.1, 0.15) is 79.9 Å². The lowest BCUT2D eigenvalue weighted by atomic mass is 9.97. The number of rotatable bonds is 10. The second-order valence-corrected chi connectivity index (χ2v) is 8.85. The summed E-state index contributed by atoms with van der Waals surface area (Å²) in [4.78, 5) is 31.1. The summed E-state index contributed by atoms with van der Waals surface area (Å²) in [5.41, 5.74) is 3.86. The van der Waals surface area contributed by atoms with Gasteiger partial charge in [0.25, 0.3) is 5.91 Å². The number of carbonyl (C=O) groups excluding carboxylic acids is 2. The van der Waals surface area contributed by atoms with E-state index in [1.54, 1.807) is 0 Å². The van der Waals surface area contributed by atoms with Crippen LogP contribution in [0, 0.1) is 0 Å². The number of aromatic amines is 1. The Bertz CT molecular complexity index is 1090. The number of hydrogen-bond donors (Lipinski definition) is 2. The van der Waals surface area contributed by atoms with Crippen LogP contribution in [0.25, 0.3) is 10.9 Å². The van der Waals surface area contributed by atoms with Gasteiger partial charge in [0.05, 0.1) is 6.04 Å². The third kappa shape index (κ3) is 4.57. The molecule has 5 heteroatoms. The number of aromatic nitrogens is 1. The summed E-state index contributed by atoms with van der Waals surface area (Å²) in [5.74, 6) is 0.00530. The number of H-pyrrole nitrogens is 1. The molecule has 2 atom stereocenters. The third-order valence-corrected chi connectivity index (χ3v) is 6.45. The monoisotopic (exact) mass is 431 g/mol. The first-order chi connectivity index (χ1) is 15.6. The van der Waals surface area contributed by atoms with Gasteiger partial charge in [-0.05, 0) is 31.0 Å². The van der Waals surface area contributed by atoms with Gasteiger partial charge in [-0.15, -0.1) is 0 Å². The predicted octanol–water partition coefficient (Wildman–Crippen LogP) is 5.58. The molecule has 3 aromatic rings. The number of unbranched alkanes of at least 4 members (excludes halogenated alkanes) is 3. The van der Waals surface area contributed by atoms with Gasteiger partial charge < -0.3 is 15.2 Å². The summed E-state index contributed by atoms with van der Waals surface area (Å²) in [6, 6.07) is 15.9. The molecule has 5 nitrogen and oxygen atoms in total. The zero-order chi connectivity index (χ0) is 22.5. The van der Waals surface area contributed by atoms with Crippen LogP contribution in [-0.2, 0) is 4.79 Å². The van der Waals surface area contributed by atoms with E-state index < -0.39 is 0 Å². The van der Waals surface area contributed by atoms with E-state index in [0.29, 0.717) is 13.0 Å². The molecule has 0 unspecified atom stereocenters. The van der Waals surface area contributed by atoms with Gasteiger partial charge in [0.1, 0.15) is 0 Å². The number of carbonyl (C=O) groups is 2. The quantitative estimate of drug-likeness (QED) is 0.412. The first-order valence-corrected chi connectivity index (χ1v) is 11.9. The molecular weight excluding hydrogens is 398 g/mol. The molecule has 0 saturated heterocycles. The number of amides is 2. The minimum atomic E-state index is -0.186. The molecule has 2 heterocycles. The Morgan fingerprint density at radius 3 is 2.69 bits per heavy atom. The summed E-state index contributed by atoms with van der Waals surface area (Å²) in [6.07, 6.45) is 8.10. The lowest BCUT2D eigenvalue weighted by molar-refractivity contribution is -0.122. The molecule has 0 bridgehead atoms. The molecule has 1 aromatic heterocycles. The Kier molecular flexibility index (Phi) is 6.93. The molecule has 0 spiro atoms. The van der Waals surface area contributed by atoms with Gasteiger partial charge in [0.15, 0.2) is 0 Å². The minimum absolute atomic E-state index is 0.00343. The molecular formula is C27H33N3O2. The molecule has 2 aromatic carbocycles. The van der Waals surface area contributed by atoms with Gasteiger partial charge in [-0.3, -0.25) is 9.59 Å². The number of nitrogens with one attached hydrogen (secondary N) is 2. The summed E-state index contributed by atoms with van der Waals surface area (Å²) in [7, 11) is 0. The van der Waals surface area contributed by atoms with Crippen molar-refractivity contribution >= 4 is 22.7 Å². The number of fused-ring (bicyclic) bond motifs is 2. The van der Waals surface area contributed by atoms with Gasteiger partial charge in [-0.2, -0.15) is 0 Å². The molecule has 0 fully saturated rings. The smallest absolute Gasteiger partial charge is 0.255 e. The summed E-state index contributed by atoms with van der Waals surface area (Å²) >= 11 is 0. The van der Waals surface area contributed by atoms with Gasteiger partial charge in [-0.25, -0.2) is 0 Å². The Labute approximate surface area is 190 Å². The van der Waals surface area contributed by atoms with E-state index in [0.717, 1.165) is 40.4 Å². The molecule has 168 valence electrons. The van der Waals surface area contributed by atoms with E-state index in [4.69, 9.17) is 0 Å². The van der Waals surface area contributed by atoms with Crippen molar-refractivity contribution in [3.63, 3.8) is 0 Å². The van der Waals surface area contributed by atoms with Crippen LogP contribution in [0.4, 0.5) is 0 Å². The average molecular weight is 432 g/mol. The molecule has 0 radical (unpaired) electrons. The Morgan fingerprint density at radius 1 is 1.06 bits per heavy atom. The van der Waals surface area contributed by atoms with Crippen LogP contribution in [0.5, 0.6) is 0 Å². The lowest BCUT2D eigenvalue weighted by Crippen LogP contribution is -2.37. The van der Waals surface area contributed by atoms with Crippen molar-refractivity contribution in [1.29, 1.82) is 0 Å². The minimum Gasteiger partial charge on any atom is -0.361 e. The maximum Gasteiger partial charge on any atom is 0.255 e. The molecule has 0 saturated carbocycles. The van der Waals surface area contributed by atoms with Crippen molar-refractivity contribution in [2.45, 2.75) is 64.5 Å². The molecule has 0 aliphatic carbocycles. The van der Waals surface area contributed by atoms with E-state index in [9.17, 15) is 9.59 Å². The zero-order valence-electron chi connectivity index (χ0n) is 19.1. The second kappa shape index (κ2) is 10.0.